The molecule has 1 amide bonds. The van der Waals surface area contributed by atoms with E-state index in [2.05, 4.69) is 5.32 Å². The van der Waals surface area contributed by atoms with E-state index in [0.29, 0.717) is 25.1 Å². The van der Waals surface area contributed by atoms with Gasteiger partial charge in [0, 0.05) is 25.2 Å². The van der Waals surface area contributed by atoms with Crippen LogP contribution in [0.15, 0.2) is 23.1 Å². The van der Waals surface area contributed by atoms with Gasteiger partial charge < -0.3 is 14.8 Å². The van der Waals surface area contributed by atoms with Crippen LogP contribution in [0, 0.1) is 5.92 Å². The van der Waals surface area contributed by atoms with Gasteiger partial charge in [-0.2, -0.15) is 4.31 Å². The summed E-state index contributed by atoms with van der Waals surface area (Å²) < 4.78 is 37.9. The van der Waals surface area contributed by atoms with Crippen LogP contribution in [0.5, 0.6) is 11.5 Å². The number of sulfonamides is 1. The van der Waals surface area contributed by atoms with Gasteiger partial charge in [0.1, 0.15) is 16.4 Å². The highest BCUT2D eigenvalue weighted by Crippen LogP contribution is 2.32. The molecule has 2 rings (SSSR count). The minimum absolute atomic E-state index is 0.0259. The molecule has 25 heavy (non-hydrogen) atoms. The van der Waals surface area contributed by atoms with E-state index in [-0.39, 0.29) is 35.1 Å². The summed E-state index contributed by atoms with van der Waals surface area (Å²) in [5.41, 5.74) is 0. The van der Waals surface area contributed by atoms with Gasteiger partial charge in [0.15, 0.2) is 0 Å². The first kappa shape index (κ1) is 19.5. The second-order valence-corrected chi connectivity index (χ2v) is 8.29. The molecule has 1 aromatic rings. The molecule has 1 aliphatic rings. The lowest BCUT2D eigenvalue weighted by Crippen LogP contribution is -2.46. The van der Waals surface area contributed by atoms with Crippen LogP contribution in [0.2, 0.25) is 0 Å². The molecule has 0 aliphatic carbocycles. The van der Waals surface area contributed by atoms with Crippen molar-refractivity contribution in [3.8, 4) is 11.5 Å². The molecule has 8 heteroatoms. The van der Waals surface area contributed by atoms with Gasteiger partial charge in [0.25, 0.3) is 0 Å². The number of ether oxygens (including phenoxy) is 2. The first-order valence-corrected chi connectivity index (χ1v) is 9.76. The molecule has 1 N–H and O–H groups in total. The Kier molecular flexibility index (Phi) is 6.29. The SMILES string of the molecule is COc1ccc(OC)c(S(=O)(=O)N2CCC[C@H](C(=O)NC(C)C)C2)c1. The molecule has 1 fully saturated rings. The zero-order chi connectivity index (χ0) is 18.6. The topological polar surface area (TPSA) is 84.9 Å². The Hall–Kier alpha value is -1.80. The summed E-state index contributed by atoms with van der Waals surface area (Å²) in [6, 6.07) is 4.69. The number of carbonyl (C=O) groups excluding carboxylic acids is 1. The maximum atomic E-state index is 13.1. The normalized spacial score (nSPS) is 18.8. The zero-order valence-corrected chi connectivity index (χ0v) is 15.9. The van der Waals surface area contributed by atoms with E-state index in [1.807, 2.05) is 13.8 Å². The number of hydrogen-bond acceptors (Lipinski definition) is 5. The summed E-state index contributed by atoms with van der Waals surface area (Å²) in [5, 5.41) is 2.86. The van der Waals surface area contributed by atoms with Crippen molar-refractivity contribution in [3.63, 3.8) is 0 Å². The fraction of sp³-hybridized carbons (Fsp3) is 0.588. The van der Waals surface area contributed by atoms with Gasteiger partial charge in [0.05, 0.1) is 20.1 Å². The van der Waals surface area contributed by atoms with Crippen molar-refractivity contribution < 1.29 is 22.7 Å². The summed E-state index contributed by atoms with van der Waals surface area (Å²) in [6.07, 6.45) is 1.32. The Morgan fingerprint density at radius 1 is 1.28 bits per heavy atom. The number of nitrogens with zero attached hydrogens (tertiary/aromatic N) is 1. The fourth-order valence-electron chi connectivity index (χ4n) is 2.90. The molecular formula is C17H26N2O5S. The van der Waals surface area contributed by atoms with Crippen LogP contribution < -0.4 is 14.8 Å². The second-order valence-electron chi connectivity index (χ2n) is 6.38. The van der Waals surface area contributed by atoms with E-state index < -0.39 is 10.0 Å². The molecule has 7 nitrogen and oxygen atoms in total. The van der Waals surface area contributed by atoms with Gasteiger partial charge in [-0.25, -0.2) is 8.42 Å². The number of benzene rings is 1. The predicted molar refractivity (Wildman–Crippen MR) is 94.3 cm³/mol. The highest BCUT2D eigenvalue weighted by atomic mass is 32.2. The van der Waals surface area contributed by atoms with Gasteiger partial charge in [0.2, 0.25) is 15.9 Å². The molecule has 0 aromatic heterocycles. The smallest absolute Gasteiger partial charge is 0.246 e. The molecular weight excluding hydrogens is 344 g/mol. The summed E-state index contributed by atoms with van der Waals surface area (Å²) >= 11 is 0. The highest BCUT2D eigenvalue weighted by molar-refractivity contribution is 7.89. The third-order valence-electron chi connectivity index (χ3n) is 4.17. The van der Waals surface area contributed by atoms with Gasteiger partial charge in [-0.3, -0.25) is 4.79 Å². The molecule has 0 unspecified atom stereocenters. The minimum Gasteiger partial charge on any atom is -0.497 e. The Labute approximate surface area is 149 Å². The van der Waals surface area contributed by atoms with Crippen molar-refractivity contribution >= 4 is 15.9 Å². The molecule has 1 aromatic carbocycles. The molecule has 0 saturated carbocycles. The van der Waals surface area contributed by atoms with Crippen molar-refractivity contribution in [2.45, 2.75) is 37.6 Å². The van der Waals surface area contributed by atoms with Crippen LogP contribution in [0.4, 0.5) is 0 Å². The third-order valence-corrected chi connectivity index (χ3v) is 6.06. The van der Waals surface area contributed by atoms with Gasteiger partial charge >= 0.3 is 0 Å². The average Bonchev–Trinajstić information content (AvgIpc) is 2.60. The monoisotopic (exact) mass is 370 g/mol. The Morgan fingerprint density at radius 3 is 2.60 bits per heavy atom. The molecule has 140 valence electrons. The van der Waals surface area contributed by atoms with Crippen LogP contribution in [0.25, 0.3) is 0 Å². The van der Waals surface area contributed by atoms with Crippen LogP contribution in [0.1, 0.15) is 26.7 Å². The largest absolute Gasteiger partial charge is 0.497 e. The van der Waals surface area contributed by atoms with E-state index in [1.54, 1.807) is 12.1 Å². The number of methoxy groups -OCH3 is 2. The van der Waals surface area contributed by atoms with Gasteiger partial charge in [-0.1, -0.05) is 0 Å². The highest BCUT2D eigenvalue weighted by Gasteiger charge is 2.35. The Bertz CT molecular complexity index is 718. The Balaban J connectivity index is 2.28. The average molecular weight is 370 g/mol. The molecule has 1 aliphatic heterocycles. The van der Waals surface area contributed by atoms with Crippen LogP contribution >= 0.6 is 0 Å². The number of piperidine rings is 1. The maximum Gasteiger partial charge on any atom is 0.246 e. The molecule has 1 atom stereocenters. The van der Waals surface area contributed by atoms with Gasteiger partial charge in [-0.15, -0.1) is 0 Å². The second kappa shape index (κ2) is 8.05. The van der Waals surface area contributed by atoms with Gasteiger partial charge in [-0.05, 0) is 38.8 Å². The van der Waals surface area contributed by atoms with Crippen LogP contribution in [0.3, 0.4) is 0 Å². The lowest BCUT2D eigenvalue weighted by atomic mass is 9.98. The van der Waals surface area contributed by atoms with Crippen molar-refractivity contribution in [2.75, 3.05) is 27.3 Å². The van der Waals surface area contributed by atoms with E-state index in [0.717, 1.165) is 0 Å². The van der Waals surface area contributed by atoms with E-state index in [4.69, 9.17) is 9.47 Å². The molecule has 1 heterocycles. The number of carbonyl (C=O) groups is 1. The number of amides is 1. The molecule has 0 spiro atoms. The van der Waals surface area contributed by atoms with Crippen molar-refractivity contribution in [1.29, 1.82) is 0 Å². The predicted octanol–water partition coefficient (Wildman–Crippen LogP) is 1.63. The van der Waals surface area contributed by atoms with E-state index in [9.17, 15) is 13.2 Å². The number of hydrogen-bond donors (Lipinski definition) is 1. The zero-order valence-electron chi connectivity index (χ0n) is 15.1. The summed E-state index contributed by atoms with van der Waals surface area (Å²) in [7, 11) is -0.880. The lowest BCUT2D eigenvalue weighted by Gasteiger charge is -2.32. The molecule has 0 radical (unpaired) electrons. The van der Waals surface area contributed by atoms with Crippen LogP contribution in [-0.2, 0) is 14.8 Å². The Morgan fingerprint density at radius 2 is 2.00 bits per heavy atom. The molecule has 0 bridgehead atoms. The standard InChI is InChI=1S/C17H26N2O5S/c1-12(2)18-17(20)13-6-5-9-19(11-13)25(21,22)16-10-14(23-3)7-8-15(16)24-4/h7-8,10,12-13H,5-6,9,11H2,1-4H3,(H,18,20)/t13-/m0/s1. The summed E-state index contributed by atoms with van der Waals surface area (Å²) in [6.45, 7) is 4.32. The first-order chi connectivity index (χ1) is 11.8. The van der Waals surface area contributed by atoms with Crippen LogP contribution in [-0.4, -0.2) is 52.0 Å². The number of rotatable bonds is 6. The number of nitrogens with one attached hydrogen (secondary N) is 1. The van der Waals surface area contributed by atoms with E-state index in [1.165, 1.54) is 24.6 Å². The minimum atomic E-state index is -3.78. The molecule has 1 saturated heterocycles. The van der Waals surface area contributed by atoms with E-state index >= 15 is 0 Å². The third kappa shape index (κ3) is 4.43. The fourth-order valence-corrected chi connectivity index (χ4v) is 4.60. The quantitative estimate of drug-likeness (QED) is 0.823. The maximum absolute atomic E-state index is 13.1. The first-order valence-electron chi connectivity index (χ1n) is 8.32. The van der Waals surface area contributed by atoms with Crippen molar-refractivity contribution in [2.24, 2.45) is 5.92 Å². The van der Waals surface area contributed by atoms with Crippen molar-refractivity contribution in [3.05, 3.63) is 18.2 Å². The summed E-state index contributed by atoms with van der Waals surface area (Å²) in [5.74, 6) is 0.245. The van der Waals surface area contributed by atoms with Crippen molar-refractivity contribution in [1.82, 2.24) is 9.62 Å². The summed E-state index contributed by atoms with van der Waals surface area (Å²) in [4.78, 5) is 12.3. The lowest BCUT2D eigenvalue weighted by molar-refractivity contribution is -0.126.